The van der Waals surface area contributed by atoms with Crippen LogP contribution >= 0.6 is 11.6 Å². The number of carbonyl (C=O) groups excluding carboxylic acids is 3. The van der Waals surface area contributed by atoms with Crippen molar-refractivity contribution in [2.24, 2.45) is 0 Å². The van der Waals surface area contributed by atoms with Gasteiger partial charge in [-0.25, -0.2) is 13.2 Å². The third-order valence-corrected chi connectivity index (χ3v) is 7.76. The van der Waals surface area contributed by atoms with Gasteiger partial charge in [0, 0.05) is 13.1 Å². The Labute approximate surface area is 190 Å². The molecule has 0 bridgehead atoms. The Morgan fingerprint density at radius 3 is 2.22 bits per heavy atom. The number of halogens is 1. The zero-order valence-electron chi connectivity index (χ0n) is 17.1. The molecule has 168 valence electrons. The maximum Gasteiger partial charge on any atom is 0.339 e. The fraction of sp³-hybridized carbons (Fsp3) is 0.318. The molecule has 2 amide bonds. The fourth-order valence-corrected chi connectivity index (χ4v) is 5.56. The van der Waals surface area contributed by atoms with Crippen LogP contribution in [-0.2, 0) is 14.8 Å². The smallest absolute Gasteiger partial charge is 0.339 e. The Balaban J connectivity index is 1.43. The van der Waals surface area contributed by atoms with Crippen LogP contribution in [-0.4, -0.2) is 61.6 Å². The molecular weight excluding hydrogens is 456 g/mol. The van der Waals surface area contributed by atoms with Crippen molar-refractivity contribution in [1.82, 2.24) is 9.21 Å². The minimum Gasteiger partial charge on any atom is -0.460 e. The standard InChI is InChI=1S/C22H21ClN2O6S/c23-19-9-8-15(32(29,30)24-10-4-1-5-11-24)14-18(19)22(28)31-13-12-25-20(26)16-6-2-3-7-17(16)21(25)27/h2-3,6-9,14H,1,4-5,10-13H2. The SMILES string of the molecule is O=C(OCCN1C(=O)c2ccccc2C1=O)c1cc(S(=O)(=O)N2CCCCC2)ccc1Cl. The van der Waals surface area contributed by atoms with Gasteiger partial charge in [0.25, 0.3) is 11.8 Å². The number of esters is 1. The van der Waals surface area contributed by atoms with Gasteiger partial charge < -0.3 is 4.74 Å². The Morgan fingerprint density at radius 2 is 1.59 bits per heavy atom. The van der Waals surface area contributed by atoms with Crippen LogP contribution in [0, 0.1) is 0 Å². The first-order valence-electron chi connectivity index (χ1n) is 10.2. The van der Waals surface area contributed by atoms with E-state index >= 15 is 0 Å². The van der Waals surface area contributed by atoms with Gasteiger partial charge in [-0.2, -0.15) is 4.31 Å². The van der Waals surface area contributed by atoms with Gasteiger partial charge in [-0.1, -0.05) is 30.2 Å². The summed E-state index contributed by atoms with van der Waals surface area (Å²) >= 11 is 6.11. The number of hydrogen-bond donors (Lipinski definition) is 0. The molecule has 1 saturated heterocycles. The van der Waals surface area contributed by atoms with Crippen molar-refractivity contribution in [2.75, 3.05) is 26.2 Å². The topological polar surface area (TPSA) is 101 Å². The van der Waals surface area contributed by atoms with Gasteiger partial charge in [-0.3, -0.25) is 14.5 Å². The van der Waals surface area contributed by atoms with Crippen molar-refractivity contribution >= 4 is 39.4 Å². The highest BCUT2D eigenvalue weighted by Gasteiger charge is 2.35. The number of nitrogens with zero attached hydrogens (tertiary/aromatic N) is 2. The molecule has 8 nitrogen and oxygen atoms in total. The van der Waals surface area contributed by atoms with E-state index in [9.17, 15) is 22.8 Å². The molecule has 4 rings (SSSR count). The first kappa shape index (κ1) is 22.4. The molecule has 0 saturated carbocycles. The number of sulfonamides is 1. The minimum atomic E-state index is -3.74. The maximum atomic E-state index is 12.9. The van der Waals surface area contributed by atoms with E-state index in [0.29, 0.717) is 24.2 Å². The number of benzene rings is 2. The van der Waals surface area contributed by atoms with Crippen LogP contribution in [0.25, 0.3) is 0 Å². The molecule has 2 aromatic rings. The van der Waals surface area contributed by atoms with Crippen molar-refractivity contribution in [1.29, 1.82) is 0 Å². The maximum absolute atomic E-state index is 12.9. The molecule has 0 radical (unpaired) electrons. The van der Waals surface area contributed by atoms with Crippen molar-refractivity contribution in [3.8, 4) is 0 Å². The minimum absolute atomic E-state index is 0.0314. The molecule has 0 unspecified atom stereocenters. The molecule has 0 aromatic heterocycles. The summed E-state index contributed by atoms with van der Waals surface area (Å²) < 4.78 is 32.4. The highest BCUT2D eigenvalue weighted by atomic mass is 35.5. The van der Waals surface area contributed by atoms with Gasteiger partial charge in [0.1, 0.15) is 6.61 Å². The molecule has 0 atom stereocenters. The van der Waals surface area contributed by atoms with Crippen molar-refractivity contribution < 1.29 is 27.5 Å². The van der Waals surface area contributed by atoms with Crippen LogP contribution in [0.5, 0.6) is 0 Å². The Morgan fingerprint density at radius 1 is 0.969 bits per heavy atom. The van der Waals surface area contributed by atoms with E-state index in [1.54, 1.807) is 24.3 Å². The third kappa shape index (κ3) is 4.15. The van der Waals surface area contributed by atoms with Crippen LogP contribution in [0.4, 0.5) is 0 Å². The number of ether oxygens (including phenoxy) is 1. The van der Waals surface area contributed by atoms with Crippen LogP contribution < -0.4 is 0 Å². The van der Waals surface area contributed by atoms with Gasteiger partial charge >= 0.3 is 5.97 Å². The molecule has 1 fully saturated rings. The molecule has 0 N–H and O–H groups in total. The second kappa shape index (κ2) is 9.01. The number of piperidine rings is 1. The van der Waals surface area contributed by atoms with Gasteiger partial charge in [0.15, 0.2) is 0 Å². The predicted molar refractivity (Wildman–Crippen MR) is 116 cm³/mol. The number of amides is 2. The quantitative estimate of drug-likeness (QED) is 0.469. The van der Waals surface area contributed by atoms with Crippen molar-refractivity contribution in [3.63, 3.8) is 0 Å². The summed E-state index contributed by atoms with van der Waals surface area (Å²) in [6.07, 6.45) is 2.57. The third-order valence-electron chi connectivity index (χ3n) is 5.54. The number of rotatable bonds is 6. The molecule has 0 spiro atoms. The van der Waals surface area contributed by atoms with Crippen LogP contribution in [0.3, 0.4) is 0 Å². The molecule has 32 heavy (non-hydrogen) atoms. The summed E-state index contributed by atoms with van der Waals surface area (Å²) in [5.74, 6) is -1.73. The van der Waals surface area contributed by atoms with Gasteiger partial charge in [-0.15, -0.1) is 0 Å². The summed E-state index contributed by atoms with van der Waals surface area (Å²) in [6.45, 7) is 0.501. The van der Waals surface area contributed by atoms with E-state index in [0.717, 1.165) is 24.2 Å². The highest BCUT2D eigenvalue weighted by molar-refractivity contribution is 7.89. The number of fused-ring (bicyclic) bond motifs is 1. The molecule has 2 aliphatic heterocycles. The summed E-state index contributed by atoms with van der Waals surface area (Å²) in [5.41, 5.74) is 0.525. The Kier molecular flexibility index (Phi) is 6.32. The van der Waals surface area contributed by atoms with E-state index in [-0.39, 0.29) is 28.6 Å². The lowest BCUT2D eigenvalue weighted by Gasteiger charge is -2.26. The van der Waals surface area contributed by atoms with Crippen LogP contribution in [0.1, 0.15) is 50.3 Å². The number of carbonyl (C=O) groups is 3. The molecule has 0 aliphatic carbocycles. The average Bonchev–Trinajstić information content (AvgIpc) is 3.04. The Hall–Kier alpha value is -2.75. The van der Waals surface area contributed by atoms with E-state index in [4.69, 9.17) is 16.3 Å². The summed E-state index contributed by atoms with van der Waals surface area (Å²) in [7, 11) is -3.74. The van der Waals surface area contributed by atoms with Crippen LogP contribution in [0.15, 0.2) is 47.4 Å². The summed E-state index contributed by atoms with van der Waals surface area (Å²) in [4.78, 5) is 38.3. The lowest BCUT2D eigenvalue weighted by Crippen LogP contribution is -2.35. The largest absolute Gasteiger partial charge is 0.460 e. The summed E-state index contributed by atoms with van der Waals surface area (Å²) in [6, 6.07) is 10.4. The summed E-state index contributed by atoms with van der Waals surface area (Å²) in [5, 5.41) is 0.0494. The van der Waals surface area contributed by atoms with E-state index in [2.05, 4.69) is 0 Å². The van der Waals surface area contributed by atoms with Gasteiger partial charge in [0.05, 0.1) is 33.2 Å². The average molecular weight is 477 g/mol. The lowest BCUT2D eigenvalue weighted by molar-refractivity contribution is 0.0420. The van der Waals surface area contributed by atoms with Crippen molar-refractivity contribution in [2.45, 2.75) is 24.2 Å². The van der Waals surface area contributed by atoms with E-state index in [1.165, 1.54) is 22.5 Å². The molecule has 2 heterocycles. The molecule has 2 aliphatic rings. The van der Waals surface area contributed by atoms with Gasteiger partial charge in [0.2, 0.25) is 10.0 Å². The normalized spacial score (nSPS) is 16.8. The van der Waals surface area contributed by atoms with E-state index in [1.807, 2.05) is 0 Å². The van der Waals surface area contributed by atoms with E-state index < -0.39 is 27.8 Å². The predicted octanol–water partition coefficient (Wildman–Crippen LogP) is 2.97. The van der Waals surface area contributed by atoms with Crippen molar-refractivity contribution in [3.05, 3.63) is 64.2 Å². The zero-order valence-corrected chi connectivity index (χ0v) is 18.7. The number of hydrogen-bond acceptors (Lipinski definition) is 6. The number of imide groups is 1. The molecule has 10 heteroatoms. The Bertz CT molecular complexity index is 1160. The fourth-order valence-electron chi connectivity index (χ4n) is 3.83. The first-order valence-corrected chi connectivity index (χ1v) is 12.0. The molecule has 2 aromatic carbocycles. The zero-order chi connectivity index (χ0) is 22.9. The highest BCUT2D eigenvalue weighted by Crippen LogP contribution is 2.26. The molecular formula is C22H21ClN2O6S. The monoisotopic (exact) mass is 476 g/mol. The second-order valence-electron chi connectivity index (χ2n) is 7.55. The first-order chi connectivity index (χ1) is 15.3. The van der Waals surface area contributed by atoms with Crippen LogP contribution in [0.2, 0.25) is 5.02 Å². The second-order valence-corrected chi connectivity index (χ2v) is 9.89. The lowest BCUT2D eigenvalue weighted by atomic mass is 10.1. The van der Waals surface area contributed by atoms with Gasteiger partial charge in [-0.05, 0) is 43.2 Å².